The van der Waals surface area contributed by atoms with Crippen molar-refractivity contribution in [3.05, 3.63) is 53.8 Å². The predicted octanol–water partition coefficient (Wildman–Crippen LogP) is 5.14. The molecule has 0 bridgehead atoms. The molecule has 2 aromatic heterocycles. The summed E-state index contributed by atoms with van der Waals surface area (Å²) in [4.78, 5) is 8.89. The third-order valence-electron chi connectivity index (χ3n) is 5.24. The minimum absolute atomic E-state index is 0.484. The Balaban J connectivity index is 1.51. The molecule has 4 nitrogen and oxygen atoms in total. The summed E-state index contributed by atoms with van der Waals surface area (Å²) >= 11 is 6.07. The predicted molar refractivity (Wildman–Crippen MR) is 113 cm³/mol. The average Bonchev–Trinajstić information content (AvgIpc) is 2.71. The molecule has 5 heteroatoms. The standard InChI is InChI=1S/C22H25ClN4/c23-22-13-17(9-12-26-22)20-14-21(18-7-1-2-8-19(18)27-20)25-11-4-6-16-5-3-10-24-15-16/h1-2,7-9,12-14,16,24H,3-6,10-11,15H2,(H,25,27). The number of rotatable bonds is 6. The molecule has 1 unspecified atom stereocenters. The fourth-order valence-electron chi connectivity index (χ4n) is 3.82. The Morgan fingerprint density at radius 2 is 2.11 bits per heavy atom. The summed E-state index contributed by atoms with van der Waals surface area (Å²) in [5, 5.41) is 8.78. The molecular formula is C22H25ClN4. The van der Waals surface area contributed by atoms with Gasteiger partial charge in [-0.25, -0.2) is 9.97 Å². The van der Waals surface area contributed by atoms with Gasteiger partial charge in [0.05, 0.1) is 11.2 Å². The third-order valence-corrected chi connectivity index (χ3v) is 5.45. The maximum Gasteiger partial charge on any atom is 0.129 e. The highest BCUT2D eigenvalue weighted by Gasteiger charge is 2.12. The minimum Gasteiger partial charge on any atom is -0.384 e. The number of anilines is 1. The van der Waals surface area contributed by atoms with E-state index in [1.165, 1.54) is 38.8 Å². The van der Waals surface area contributed by atoms with Gasteiger partial charge in [-0.3, -0.25) is 0 Å². The van der Waals surface area contributed by atoms with Gasteiger partial charge in [0.15, 0.2) is 0 Å². The first-order valence-electron chi connectivity index (χ1n) is 9.76. The minimum atomic E-state index is 0.484. The first-order valence-corrected chi connectivity index (χ1v) is 10.1. The van der Waals surface area contributed by atoms with Crippen LogP contribution in [0.4, 0.5) is 5.69 Å². The molecule has 27 heavy (non-hydrogen) atoms. The molecule has 140 valence electrons. The Labute approximate surface area is 165 Å². The molecule has 3 aromatic rings. The van der Waals surface area contributed by atoms with Gasteiger partial charge in [-0.15, -0.1) is 0 Å². The molecule has 2 N–H and O–H groups in total. The summed E-state index contributed by atoms with van der Waals surface area (Å²) < 4.78 is 0. The highest BCUT2D eigenvalue weighted by atomic mass is 35.5. The van der Waals surface area contributed by atoms with Crippen LogP contribution in [-0.2, 0) is 0 Å². The van der Waals surface area contributed by atoms with Gasteiger partial charge in [-0.1, -0.05) is 29.8 Å². The van der Waals surface area contributed by atoms with Crippen molar-refractivity contribution < 1.29 is 0 Å². The number of pyridine rings is 2. The van der Waals surface area contributed by atoms with E-state index in [1.54, 1.807) is 6.20 Å². The van der Waals surface area contributed by atoms with Crippen LogP contribution in [0.1, 0.15) is 25.7 Å². The fourth-order valence-corrected chi connectivity index (χ4v) is 3.99. The van der Waals surface area contributed by atoms with Crippen molar-refractivity contribution in [2.45, 2.75) is 25.7 Å². The molecule has 0 radical (unpaired) electrons. The molecule has 1 saturated heterocycles. The first-order chi connectivity index (χ1) is 13.3. The number of benzene rings is 1. The Kier molecular flexibility index (Phi) is 5.85. The van der Waals surface area contributed by atoms with Gasteiger partial charge in [0, 0.05) is 29.4 Å². The number of fused-ring (bicyclic) bond motifs is 1. The second kappa shape index (κ2) is 8.68. The first kappa shape index (κ1) is 18.2. The van der Waals surface area contributed by atoms with Crippen molar-refractivity contribution in [1.29, 1.82) is 0 Å². The van der Waals surface area contributed by atoms with Gasteiger partial charge in [-0.2, -0.15) is 0 Å². The topological polar surface area (TPSA) is 49.8 Å². The van der Waals surface area contributed by atoms with Crippen LogP contribution in [0.2, 0.25) is 5.15 Å². The van der Waals surface area contributed by atoms with Crippen molar-refractivity contribution in [3.63, 3.8) is 0 Å². The van der Waals surface area contributed by atoms with Gasteiger partial charge in [0.25, 0.3) is 0 Å². The van der Waals surface area contributed by atoms with E-state index in [4.69, 9.17) is 16.6 Å². The average molecular weight is 381 g/mol. The molecule has 3 heterocycles. The Morgan fingerprint density at radius 3 is 2.96 bits per heavy atom. The Bertz CT molecular complexity index is 906. The molecule has 1 aromatic carbocycles. The van der Waals surface area contributed by atoms with Crippen molar-refractivity contribution in [3.8, 4) is 11.3 Å². The van der Waals surface area contributed by atoms with Crippen molar-refractivity contribution in [1.82, 2.24) is 15.3 Å². The fraction of sp³-hybridized carbons (Fsp3) is 0.364. The van der Waals surface area contributed by atoms with Crippen LogP contribution >= 0.6 is 11.6 Å². The van der Waals surface area contributed by atoms with E-state index in [2.05, 4.69) is 39.9 Å². The Hall–Kier alpha value is -2.17. The quantitative estimate of drug-likeness (QED) is 0.459. The van der Waals surface area contributed by atoms with E-state index in [9.17, 15) is 0 Å². The van der Waals surface area contributed by atoms with Crippen molar-refractivity contribution in [2.75, 3.05) is 25.0 Å². The zero-order valence-electron chi connectivity index (χ0n) is 15.4. The van der Waals surface area contributed by atoms with E-state index in [-0.39, 0.29) is 0 Å². The van der Waals surface area contributed by atoms with Gasteiger partial charge in [0.1, 0.15) is 5.15 Å². The number of piperidine rings is 1. The molecule has 4 rings (SSSR count). The van der Waals surface area contributed by atoms with Gasteiger partial charge in [-0.05, 0) is 69.0 Å². The molecule has 0 amide bonds. The Morgan fingerprint density at radius 1 is 1.19 bits per heavy atom. The SMILES string of the molecule is Clc1cc(-c2cc(NCCCC3CCCNC3)c3ccccc3n2)ccn1. The van der Waals surface area contributed by atoms with E-state index in [1.807, 2.05) is 18.2 Å². The molecule has 1 aliphatic heterocycles. The van der Waals surface area contributed by atoms with Crippen molar-refractivity contribution in [2.24, 2.45) is 5.92 Å². The number of aromatic nitrogens is 2. The van der Waals surface area contributed by atoms with Crippen LogP contribution in [-0.4, -0.2) is 29.6 Å². The number of hydrogen-bond acceptors (Lipinski definition) is 4. The molecule has 1 aliphatic rings. The molecule has 1 atom stereocenters. The van der Waals surface area contributed by atoms with Gasteiger partial charge in [0.2, 0.25) is 0 Å². The van der Waals surface area contributed by atoms with Crippen molar-refractivity contribution >= 4 is 28.2 Å². The van der Waals surface area contributed by atoms with Gasteiger partial charge < -0.3 is 10.6 Å². The third kappa shape index (κ3) is 4.57. The summed E-state index contributed by atoms with van der Waals surface area (Å²) in [6, 6.07) is 14.2. The van der Waals surface area contributed by atoms with Crippen LogP contribution in [0.3, 0.4) is 0 Å². The molecule has 0 saturated carbocycles. The molecule has 1 fully saturated rings. The summed E-state index contributed by atoms with van der Waals surface area (Å²) in [5.74, 6) is 0.823. The number of nitrogens with one attached hydrogen (secondary N) is 2. The van der Waals surface area contributed by atoms with Crippen LogP contribution < -0.4 is 10.6 Å². The monoisotopic (exact) mass is 380 g/mol. The summed E-state index contributed by atoms with van der Waals surface area (Å²) in [6.45, 7) is 3.33. The lowest BCUT2D eigenvalue weighted by molar-refractivity contribution is 0.353. The summed E-state index contributed by atoms with van der Waals surface area (Å²) in [5.41, 5.74) is 4.02. The zero-order chi connectivity index (χ0) is 18.5. The van der Waals surface area contributed by atoms with E-state index >= 15 is 0 Å². The lowest BCUT2D eigenvalue weighted by Crippen LogP contribution is -2.29. The highest BCUT2D eigenvalue weighted by Crippen LogP contribution is 2.29. The molecule has 0 spiro atoms. The van der Waals surface area contributed by atoms with Gasteiger partial charge >= 0.3 is 0 Å². The maximum atomic E-state index is 6.07. The second-order valence-corrected chi connectivity index (χ2v) is 7.61. The number of hydrogen-bond donors (Lipinski definition) is 2. The normalized spacial score (nSPS) is 17.1. The number of halogens is 1. The van der Waals surface area contributed by atoms with Crippen LogP contribution in [0.5, 0.6) is 0 Å². The second-order valence-electron chi connectivity index (χ2n) is 7.22. The highest BCUT2D eigenvalue weighted by molar-refractivity contribution is 6.29. The lowest BCUT2D eigenvalue weighted by Gasteiger charge is -2.22. The largest absolute Gasteiger partial charge is 0.384 e. The maximum absolute atomic E-state index is 6.07. The van der Waals surface area contributed by atoms with Crippen LogP contribution in [0.25, 0.3) is 22.2 Å². The lowest BCUT2D eigenvalue weighted by atomic mass is 9.95. The van der Waals surface area contributed by atoms with Crippen LogP contribution in [0, 0.1) is 5.92 Å². The zero-order valence-corrected chi connectivity index (χ0v) is 16.2. The number of nitrogens with zero attached hydrogens (tertiary/aromatic N) is 2. The number of para-hydroxylation sites is 1. The van der Waals surface area contributed by atoms with E-state index in [0.717, 1.165) is 40.3 Å². The smallest absolute Gasteiger partial charge is 0.129 e. The van der Waals surface area contributed by atoms with E-state index < -0.39 is 0 Å². The summed E-state index contributed by atoms with van der Waals surface area (Å²) in [7, 11) is 0. The summed E-state index contributed by atoms with van der Waals surface area (Å²) in [6.07, 6.45) is 6.85. The van der Waals surface area contributed by atoms with E-state index in [0.29, 0.717) is 5.15 Å². The molecule has 0 aliphatic carbocycles. The molecular weight excluding hydrogens is 356 g/mol. The van der Waals surface area contributed by atoms with Crippen LogP contribution in [0.15, 0.2) is 48.7 Å².